The summed E-state index contributed by atoms with van der Waals surface area (Å²) < 4.78 is 27.3. The number of phenolic OH excluding ortho intramolecular Hbond substituents is 1. The topological polar surface area (TPSA) is 66.4 Å². The van der Waals surface area contributed by atoms with Gasteiger partial charge in [0.05, 0.1) is 6.42 Å². The van der Waals surface area contributed by atoms with E-state index in [-0.39, 0.29) is 35.3 Å². The van der Waals surface area contributed by atoms with Gasteiger partial charge in [-0.2, -0.15) is 0 Å². The molecular formula is C28H28F2NO3P. The summed E-state index contributed by atoms with van der Waals surface area (Å²) in [6.45, 7) is 2.79. The second kappa shape index (κ2) is 9.87. The van der Waals surface area contributed by atoms with Crippen LogP contribution in [-0.4, -0.2) is 16.8 Å². The zero-order valence-corrected chi connectivity index (χ0v) is 20.9. The number of nitrogens with one attached hydrogen (secondary N) is 1. The van der Waals surface area contributed by atoms with Crippen LogP contribution in [0.3, 0.4) is 0 Å². The Hall–Kier alpha value is -3.11. The Kier molecular flexibility index (Phi) is 7.05. The average Bonchev–Trinajstić information content (AvgIpc) is 2.80. The molecule has 0 aliphatic heterocycles. The van der Waals surface area contributed by atoms with Gasteiger partial charge in [0.25, 0.3) is 5.92 Å². The summed E-state index contributed by atoms with van der Waals surface area (Å²) >= 11 is 0. The maximum absolute atomic E-state index is 13.7. The van der Waals surface area contributed by atoms with Gasteiger partial charge in [-0.25, -0.2) is 8.78 Å². The SMILES string of the molecule is Cc1ccc2c(c1NC(=O)Cc1ccc(C(C)(F)F)c(P)c1)CCC(C(=O)c1ccc(O)cc1)C2. The Bertz CT molecular complexity index is 1280. The summed E-state index contributed by atoms with van der Waals surface area (Å²) in [4.78, 5) is 25.8. The number of hydrogen-bond donors (Lipinski definition) is 2. The third kappa shape index (κ3) is 5.59. The molecule has 0 heterocycles. The van der Waals surface area contributed by atoms with Crippen molar-refractivity contribution in [2.45, 2.75) is 45.5 Å². The van der Waals surface area contributed by atoms with Crippen molar-refractivity contribution in [1.29, 1.82) is 0 Å². The molecule has 0 radical (unpaired) electrons. The first-order valence-electron chi connectivity index (χ1n) is 11.5. The molecule has 35 heavy (non-hydrogen) atoms. The lowest BCUT2D eigenvalue weighted by Gasteiger charge is -2.27. The van der Waals surface area contributed by atoms with Gasteiger partial charge in [0.15, 0.2) is 5.78 Å². The molecular weight excluding hydrogens is 467 g/mol. The highest BCUT2D eigenvalue weighted by molar-refractivity contribution is 7.27. The van der Waals surface area contributed by atoms with Crippen LogP contribution in [0.1, 0.15) is 51.5 Å². The normalized spacial score (nSPS) is 15.4. The minimum atomic E-state index is -2.94. The van der Waals surface area contributed by atoms with E-state index in [1.165, 1.54) is 18.2 Å². The summed E-state index contributed by atoms with van der Waals surface area (Å²) in [7, 11) is 2.32. The molecule has 0 fully saturated rings. The molecule has 2 N–H and O–H groups in total. The minimum absolute atomic E-state index is 0.0520. The molecule has 7 heteroatoms. The molecule has 182 valence electrons. The average molecular weight is 496 g/mol. The summed E-state index contributed by atoms with van der Waals surface area (Å²) in [6, 6.07) is 14.8. The fourth-order valence-corrected chi connectivity index (χ4v) is 5.28. The summed E-state index contributed by atoms with van der Waals surface area (Å²) in [6.07, 6.45) is 1.99. The molecule has 2 unspecified atom stereocenters. The molecule has 0 aromatic heterocycles. The van der Waals surface area contributed by atoms with E-state index in [0.29, 0.717) is 35.7 Å². The molecule has 1 aliphatic rings. The molecule has 4 nitrogen and oxygen atoms in total. The van der Waals surface area contributed by atoms with Crippen LogP contribution in [0.4, 0.5) is 14.5 Å². The number of amides is 1. The molecule has 1 aliphatic carbocycles. The van der Waals surface area contributed by atoms with E-state index < -0.39 is 5.92 Å². The molecule has 2 atom stereocenters. The highest BCUT2D eigenvalue weighted by Gasteiger charge is 2.28. The van der Waals surface area contributed by atoms with Gasteiger partial charge < -0.3 is 10.4 Å². The summed E-state index contributed by atoms with van der Waals surface area (Å²) in [5, 5.41) is 12.9. The number of benzene rings is 3. The lowest BCUT2D eigenvalue weighted by Crippen LogP contribution is -2.25. The van der Waals surface area contributed by atoms with Gasteiger partial charge in [0.2, 0.25) is 5.91 Å². The van der Waals surface area contributed by atoms with Gasteiger partial charge in [-0.15, -0.1) is 9.24 Å². The van der Waals surface area contributed by atoms with E-state index in [1.54, 1.807) is 24.3 Å². The van der Waals surface area contributed by atoms with Crippen LogP contribution in [0.2, 0.25) is 0 Å². The van der Waals surface area contributed by atoms with E-state index >= 15 is 0 Å². The van der Waals surface area contributed by atoms with Crippen LogP contribution in [0.25, 0.3) is 0 Å². The van der Waals surface area contributed by atoms with Crippen molar-refractivity contribution in [3.8, 4) is 5.75 Å². The number of rotatable bonds is 6. The number of carbonyl (C=O) groups is 2. The predicted octanol–water partition coefficient (Wildman–Crippen LogP) is 5.48. The fourth-order valence-electron chi connectivity index (χ4n) is 4.72. The Morgan fingerprint density at radius 3 is 2.49 bits per heavy atom. The number of aryl methyl sites for hydroxylation is 1. The largest absolute Gasteiger partial charge is 0.508 e. The molecule has 0 saturated carbocycles. The van der Waals surface area contributed by atoms with Crippen molar-refractivity contribution in [3.63, 3.8) is 0 Å². The van der Waals surface area contributed by atoms with Crippen molar-refractivity contribution in [1.82, 2.24) is 0 Å². The van der Waals surface area contributed by atoms with Crippen molar-refractivity contribution < 1.29 is 23.5 Å². The van der Waals surface area contributed by atoms with Crippen molar-refractivity contribution in [3.05, 3.63) is 88.0 Å². The number of ketones is 1. The number of Topliss-reactive ketones (excluding diaryl/α,β-unsaturated/α-hetero) is 1. The number of hydrogen-bond acceptors (Lipinski definition) is 3. The highest BCUT2D eigenvalue weighted by Crippen LogP contribution is 2.35. The molecule has 3 aromatic carbocycles. The Labute approximate surface area is 206 Å². The maximum Gasteiger partial charge on any atom is 0.271 e. The number of halogens is 2. The van der Waals surface area contributed by atoms with E-state index in [0.717, 1.165) is 29.3 Å². The van der Waals surface area contributed by atoms with E-state index in [1.807, 2.05) is 19.1 Å². The second-order valence-corrected chi connectivity index (χ2v) is 9.90. The van der Waals surface area contributed by atoms with Crippen LogP contribution in [-0.2, 0) is 30.0 Å². The Morgan fingerprint density at radius 2 is 1.83 bits per heavy atom. The van der Waals surface area contributed by atoms with Crippen molar-refractivity contribution >= 4 is 31.9 Å². The quantitative estimate of drug-likeness (QED) is 0.352. The van der Waals surface area contributed by atoms with Crippen molar-refractivity contribution in [2.24, 2.45) is 5.92 Å². The van der Waals surface area contributed by atoms with Gasteiger partial charge in [0.1, 0.15) is 5.75 Å². The predicted molar refractivity (Wildman–Crippen MR) is 137 cm³/mol. The first-order chi connectivity index (χ1) is 16.5. The monoisotopic (exact) mass is 495 g/mol. The smallest absolute Gasteiger partial charge is 0.271 e. The molecule has 0 spiro atoms. The first kappa shape index (κ1) is 25.0. The van der Waals surface area contributed by atoms with Crippen LogP contribution in [0.15, 0.2) is 54.6 Å². The standard InChI is InChI=1S/C28H28F2NO3P/c1-16-3-5-19-15-20(27(34)18-6-9-21(32)10-7-18)8-11-22(19)26(16)31-25(33)14-17-4-12-23(24(35)13-17)28(2,29)30/h3-7,9-10,12-13,20,32H,8,11,14-15,35H2,1-2H3,(H,31,33). The molecule has 4 rings (SSSR count). The maximum atomic E-state index is 13.7. The number of aromatic hydroxyl groups is 1. The van der Waals surface area contributed by atoms with E-state index in [4.69, 9.17) is 0 Å². The highest BCUT2D eigenvalue weighted by atomic mass is 31.0. The van der Waals surface area contributed by atoms with E-state index in [2.05, 4.69) is 14.6 Å². The van der Waals surface area contributed by atoms with Gasteiger partial charge in [-0.05, 0) is 78.0 Å². The molecule has 0 saturated heterocycles. The van der Waals surface area contributed by atoms with Crippen molar-refractivity contribution in [2.75, 3.05) is 5.32 Å². The molecule has 1 amide bonds. The van der Waals surface area contributed by atoms with Gasteiger partial charge in [0, 0.05) is 29.7 Å². The number of phenols is 1. The van der Waals surface area contributed by atoms with Crippen LogP contribution < -0.4 is 10.6 Å². The number of fused-ring (bicyclic) bond motifs is 1. The first-order valence-corrected chi connectivity index (χ1v) is 12.1. The summed E-state index contributed by atoms with van der Waals surface area (Å²) in [5.74, 6) is -3.14. The van der Waals surface area contributed by atoms with E-state index in [9.17, 15) is 23.5 Å². The number of anilines is 1. The molecule has 3 aromatic rings. The molecule has 0 bridgehead atoms. The summed E-state index contributed by atoms with van der Waals surface area (Å²) in [5.41, 5.74) is 4.95. The zero-order chi connectivity index (χ0) is 25.3. The van der Waals surface area contributed by atoms with Gasteiger partial charge >= 0.3 is 0 Å². The third-order valence-electron chi connectivity index (χ3n) is 6.57. The van der Waals surface area contributed by atoms with Gasteiger partial charge in [-0.1, -0.05) is 30.3 Å². The Morgan fingerprint density at radius 1 is 1.11 bits per heavy atom. The lowest BCUT2D eigenvalue weighted by atomic mass is 9.79. The van der Waals surface area contributed by atoms with Crippen LogP contribution in [0.5, 0.6) is 5.75 Å². The fraction of sp³-hybridized carbons (Fsp3) is 0.286. The van der Waals surface area contributed by atoms with Gasteiger partial charge in [-0.3, -0.25) is 9.59 Å². The zero-order valence-electron chi connectivity index (χ0n) is 19.7. The number of alkyl halides is 2. The second-order valence-electron chi connectivity index (χ2n) is 9.28. The van der Waals surface area contributed by atoms with Crippen LogP contribution in [0, 0.1) is 12.8 Å². The number of carbonyl (C=O) groups excluding carboxylic acids is 2. The Balaban J connectivity index is 1.49. The third-order valence-corrected chi connectivity index (χ3v) is 7.05. The lowest BCUT2D eigenvalue weighted by molar-refractivity contribution is -0.115. The van der Waals surface area contributed by atoms with Crippen LogP contribution >= 0.6 is 9.24 Å². The minimum Gasteiger partial charge on any atom is -0.508 e.